The Morgan fingerprint density at radius 1 is 1.31 bits per heavy atom. The SMILES string of the molecule is CC(C)O[B]c1ccc(CO)cc1. The zero-order chi connectivity index (χ0) is 9.68. The molecule has 2 nitrogen and oxygen atoms in total. The summed E-state index contributed by atoms with van der Waals surface area (Å²) in [5.41, 5.74) is 1.94. The minimum Gasteiger partial charge on any atom is -0.432 e. The Kier molecular flexibility index (Phi) is 3.99. The molecule has 0 heterocycles. The second-order valence-electron chi connectivity index (χ2n) is 3.20. The van der Waals surface area contributed by atoms with Crippen LogP contribution in [0.3, 0.4) is 0 Å². The van der Waals surface area contributed by atoms with E-state index in [1.54, 1.807) is 7.48 Å². The highest BCUT2D eigenvalue weighted by Crippen LogP contribution is 1.95. The molecular weight excluding hydrogens is 163 g/mol. The van der Waals surface area contributed by atoms with Crippen molar-refractivity contribution in [2.24, 2.45) is 0 Å². The van der Waals surface area contributed by atoms with Gasteiger partial charge in [0.25, 0.3) is 0 Å². The van der Waals surface area contributed by atoms with Gasteiger partial charge in [0.15, 0.2) is 0 Å². The van der Waals surface area contributed by atoms with Gasteiger partial charge >= 0.3 is 7.48 Å². The predicted molar refractivity (Wildman–Crippen MR) is 54.0 cm³/mol. The van der Waals surface area contributed by atoms with Crippen LogP contribution in [-0.4, -0.2) is 18.7 Å². The third-order valence-corrected chi connectivity index (χ3v) is 1.64. The molecule has 1 radical (unpaired) electrons. The summed E-state index contributed by atoms with van der Waals surface area (Å²) >= 11 is 0. The fraction of sp³-hybridized carbons (Fsp3) is 0.400. The Bertz CT molecular complexity index is 244. The van der Waals surface area contributed by atoms with Gasteiger partial charge in [-0.25, -0.2) is 0 Å². The van der Waals surface area contributed by atoms with Gasteiger partial charge in [-0.3, -0.25) is 0 Å². The fourth-order valence-corrected chi connectivity index (χ4v) is 0.916. The number of benzene rings is 1. The summed E-state index contributed by atoms with van der Waals surface area (Å²) in [6, 6.07) is 7.62. The Morgan fingerprint density at radius 2 is 1.92 bits per heavy atom. The van der Waals surface area contributed by atoms with Crippen LogP contribution in [0.4, 0.5) is 0 Å². The van der Waals surface area contributed by atoms with Gasteiger partial charge in [0, 0.05) is 6.10 Å². The van der Waals surface area contributed by atoms with E-state index in [0.717, 1.165) is 11.0 Å². The molecule has 0 aliphatic heterocycles. The highest BCUT2D eigenvalue weighted by atomic mass is 16.4. The molecule has 0 unspecified atom stereocenters. The summed E-state index contributed by atoms with van der Waals surface area (Å²) in [7, 11) is 1.73. The van der Waals surface area contributed by atoms with Crippen molar-refractivity contribution < 1.29 is 9.76 Å². The van der Waals surface area contributed by atoms with Crippen molar-refractivity contribution in [2.45, 2.75) is 26.6 Å². The quantitative estimate of drug-likeness (QED) is 0.690. The van der Waals surface area contributed by atoms with Gasteiger partial charge in [-0.15, -0.1) is 0 Å². The smallest absolute Gasteiger partial charge is 0.330 e. The van der Waals surface area contributed by atoms with Gasteiger partial charge in [-0.05, 0) is 19.4 Å². The average Bonchev–Trinajstić information content (AvgIpc) is 2.15. The minimum absolute atomic E-state index is 0.0886. The number of hydrogen-bond acceptors (Lipinski definition) is 2. The summed E-state index contributed by atoms with van der Waals surface area (Å²) < 4.78 is 5.31. The molecule has 1 aromatic carbocycles. The number of aliphatic hydroxyl groups excluding tert-OH is 1. The first-order chi connectivity index (χ1) is 6.22. The van der Waals surface area contributed by atoms with Crippen LogP contribution < -0.4 is 5.46 Å². The van der Waals surface area contributed by atoms with Crippen LogP contribution in [0, 0.1) is 0 Å². The van der Waals surface area contributed by atoms with E-state index in [0.29, 0.717) is 0 Å². The van der Waals surface area contributed by atoms with Crippen LogP contribution in [0.2, 0.25) is 0 Å². The van der Waals surface area contributed by atoms with Crippen molar-refractivity contribution in [1.29, 1.82) is 0 Å². The van der Waals surface area contributed by atoms with Gasteiger partial charge in [0.2, 0.25) is 0 Å². The molecule has 0 aliphatic carbocycles. The number of aliphatic hydroxyl groups is 1. The van der Waals surface area contributed by atoms with Crippen LogP contribution in [0.5, 0.6) is 0 Å². The third-order valence-electron chi connectivity index (χ3n) is 1.64. The molecule has 1 aromatic rings. The lowest BCUT2D eigenvalue weighted by atomic mass is 9.87. The van der Waals surface area contributed by atoms with Crippen molar-refractivity contribution in [3.63, 3.8) is 0 Å². The molecule has 0 spiro atoms. The Balaban J connectivity index is 2.49. The Hall–Kier alpha value is -0.795. The first kappa shape index (κ1) is 10.3. The molecule has 69 valence electrons. The van der Waals surface area contributed by atoms with Crippen LogP contribution in [0.1, 0.15) is 19.4 Å². The summed E-state index contributed by atoms with van der Waals surface area (Å²) in [4.78, 5) is 0. The standard InChI is InChI=1S/C10H14BO2/c1-8(2)13-11-10-5-3-9(7-12)4-6-10/h3-6,8,12H,7H2,1-2H3. The lowest BCUT2D eigenvalue weighted by Gasteiger charge is -2.06. The van der Waals surface area contributed by atoms with Crippen molar-refractivity contribution in [3.8, 4) is 0 Å². The zero-order valence-electron chi connectivity index (χ0n) is 8.03. The molecular formula is C10H14BO2. The predicted octanol–water partition coefficient (Wildman–Crippen LogP) is 0.848. The van der Waals surface area contributed by atoms with E-state index in [9.17, 15) is 0 Å². The Morgan fingerprint density at radius 3 is 2.38 bits per heavy atom. The van der Waals surface area contributed by atoms with E-state index in [4.69, 9.17) is 9.76 Å². The van der Waals surface area contributed by atoms with Crippen molar-refractivity contribution in [3.05, 3.63) is 29.8 Å². The van der Waals surface area contributed by atoms with Crippen LogP contribution in [-0.2, 0) is 11.3 Å². The molecule has 1 rings (SSSR count). The van der Waals surface area contributed by atoms with Crippen molar-refractivity contribution in [1.82, 2.24) is 0 Å². The largest absolute Gasteiger partial charge is 0.432 e. The fourth-order valence-electron chi connectivity index (χ4n) is 0.916. The van der Waals surface area contributed by atoms with Crippen molar-refractivity contribution >= 4 is 12.9 Å². The highest BCUT2D eigenvalue weighted by Gasteiger charge is 1.99. The molecule has 0 amide bonds. The molecule has 0 aromatic heterocycles. The second kappa shape index (κ2) is 5.05. The van der Waals surface area contributed by atoms with E-state index in [2.05, 4.69) is 0 Å². The van der Waals surface area contributed by atoms with Gasteiger partial charge in [-0.1, -0.05) is 29.7 Å². The molecule has 0 aliphatic rings. The average molecular weight is 177 g/mol. The molecule has 13 heavy (non-hydrogen) atoms. The lowest BCUT2D eigenvalue weighted by molar-refractivity contribution is 0.260. The number of rotatable bonds is 4. The van der Waals surface area contributed by atoms with Crippen LogP contribution in [0.25, 0.3) is 0 Å². The van der Waals surface area contributed by atoms with Gasteiger partial charge in [0.05, 0.1) is 6.61 Å². The first-order valence-electron chi connectivity index (χ1n) is 4.41. The summed E-state index contributed by atoms with van der Waals surface area (Å²) in [5.74, 6) is 0. The monoisotopic (exact) mass is 177 g/mol. The topological polar surface area (TPSA) is 29.5 Å². The zero-order valence-corrected chi connectivity index (χ0v) is 8.03. The minimum atomic E-state index is 0.0886. The maximum atomic E-state index is 8.81. The van der Waals surface area contributed by atoms with E-state index >= 15 is 0 Å². The Labute approximate surface area is 79.8 Å². The van der Waals surface area contributed by atoms with E-state index < -0.39 is 0 Å². The molecule has 0 atom stereocenters. The highest BCUT2D eigenvalue weighted by molar-refractivity contribution is 6.46. The molecule has 0 fully saturated rings. The van der Waals surface area contributed by atoms with E-state index in [1.807, 2.05) is 38.1 Å². The van der Waals surface area contributed by atoms with E-state index in [1.165, 1.54) is 0 Å². The van der Waals surface area contributed by atoms with Gasteiger partial charge in [-0.2, -0.15) is 0 Å². The van der Waals surface area contributed by atoms with Crippen LogP contribution >= 0.6 is 0 Å². The normalized spacial score (nSPS) is 10.5. The molecule has 0 saturated heterocycles. The summed E-state index contributed by atoms with van der Waals surface area (Å²) in [6.07, 6.45) is 0.206. The third kappa shape index (κ3) is 3.62. The molecule has 0 bridgehead atoms. The van der Waals surface area contributed by atoms with Crippen molar-refractivity contribution in [2.75, 3.05) is 0 Å². The van der Waals surface area contributed by atoms with Gasteiger partial charge in [0.1, 0.15) is 0 Å². The summed E-state index contributed by atoms with van der Waals surface area (Å²) in [6.45, 7) is 4.06. The molecule has 0 saturated carbocycles. The van der Waals surface area contributed by atoms with Gasteiger partial charge < -0.3 is 9.76 Å². The maximum absolute atomic E-state index is 8.81. The lowest BCUT2D eigenvalue weighted by Crippen LogP contribution is -2.20. The maximum Gasteiger partial charge on any atom is 0.330 e. The van der Waals surface area contributed by atoms with E-state index in [-0.39, 0.29) is 12.7 Å². The summed E-state index contributed by atoms with van der Waals surface area (Å²) in [5, 5.41) is 8.81. The first-order valence-corrected chi connectivity index (χ1v) is 4.41. The second-order valence-corrected chi connectivity index (χ2v) is 3.20. The molecule has 1 N–H and O–H groups in total. The molecule has 3 heteroatoms. The van der Waals surface area contributed by atoms with Crippen LogP contribution in [0.15, 0.2) is 24.3 Å². The number of hydrogen-bond donors (Lipinski definition) is 1.